The van der Waals surface area contributed by atoms with E-state index < -0.39 is 5.41 Å². The Labute approximate surface area is 103 Å². The van der Waals surface area contributed by atoms with Gasteiger partial charge in [-0.1, -0.05) is 12.8 Å². The second-order valence-electron chi connectivity index (χ2n) is 5.95. The third-order valence-electron chi connectivity index (χ3n) is 5.10. The fourth-order valence-corrected chi connectivity index (χ4v) is 3.84. The number of hydrogen-bond donors (Lipinski definition) is 0. The minimum absolute atomic E-state index is 0.153. The normalized spacial score (nSPS) is 34.6. The fraction of sp³-hybridized carbons (Fsp3) is 0.857. The van der Waals surface area contributed by atoms with E-state index >= 15 is 0 Å². The van der Waals surface area contributed by atoms with Crippen molar-refractivity contribution in [2.45, 2.75) is 57.4 Å². The molecule has 0 bridgehead atoms. The van der Waals surface area contributed by atoms with Gasteiger partial charge < -0.3 is 4.90 Å². The van der Waals surface area contributed by atoms with Gasteiger partial charge >= 0.3 is 0 Å². The van der Waals surface area contributed by atoms with Crippen molar-refractivity contribution in [2.75, 3.05) is 6.54 Å². The highest BCUT2D eigenvalue weighted by Gasteiger charge is 2.50. The van der Waals surface area contributed by atoms with Crippen LogP contribution >= 0.6 is 0 Å². The molecule has 0 spiro atoms. The highest BCUT2D eigenvalue weighted by Crippen LogP contribution is 2.45. The van der Waals surface area contributed by atoms with Crippen LogP contribution in [0.1, 0.15) is 51.4 Å². The van der Waals surface area contributed by atoms with Crippen molar-refractivity contribution in [3.05, 3.63) is 0 Å². The van der Waals surface area contributed by atoms with Crippen LogP contribution in [0.2, 0.25) is 0 Å². The van der Waals surface area contributed by atoms with E-state index in [0.29, 0.717) is 6.04 Å². The Bertz CT molecular complexity index is 367. The molecule has 0 aromatic rings. The van der Waals surface area contributed by atoms with Gasteiger partial charge in [0.1, 0.15) is 5.41 Å². The van der Waals surface area contributed by atoms with Crippen molar-refractivity contribution in [1.82, 2.24) is 4.90 Å². The molecule has 2 saturated carbocycles. The molecule has 3 rings (SSSR count). The summed E-state index contributed by atoms with van der Waals surface area (Å²) in [6, 6.07) is 2.76. The molecule has 2 aliphatic carbocycles. The van der Waals surface area contributed by atoms with Crippen LogP contribution in [-0.4, -0.2) is 23.4 Å². The van der Waals surface area contributed by atoms with Gasteiger partial charge in [-0.2, -0.15) is 5.26 Å². The molecule has 1 heterocycles. The zero-order valence-corrected chi connectivity index (χ0v) is 10.3. The molecule has 2 unspecified atom stereocenters. The van der Waals surface area contributed by atoms with E-state index in [2.05, 4.69) is 11.0 Å². The zero-order chi connectivity index (χ0) is 11.9. The summed E-state index contributed by atoms with van der Waals surface area (Å²) in [4.78, 5) is 14.6. The van der Waals surface area contributed by atoms with Gasteiger partial charge in [0.2, 0.25) is 5.91 Å². The van der Waals surface area contributed by atoms with E-state index in [4.69, 9.17) is 0 Å². The first-order chi connectivity index (χ1) is 8.27. The van der Waals surface area contributed by atoms with Gasteiger partial charge in [0.15, 0.2) is 0 Å². The number of nitriles is 1. The van der Waals surface area contributed by atoms with Crippen molar-refractivity contribution in [2.24, 2.45) is 11.3 Å². The largest absolute Gasteiger partial charge is 0.338 e. The molecule has 2 atom stereocenters. The first-order valence-corrected chi connectivity index (χ1v) is 6.99. The lowest BCUT2D eigenvalue weighted by molar-refractivity contribution is -0.144. The predicted molar refractivity (Wildman–Crippen MR) is 64.0 cm³/mol. The molecule has 0 radical (unpaired) electrons. The Morgan fingerprint density at radius 1 is 1.18 bits per heavy atom. The fourth-order valence-electron chi connectivity index (χ4n) is 3.84. The smallest absolute Gasteiger partial charge is 0.243 e. The summed E-state index contributed by atoms with van der Waals surface area (Å²) < 4.78 is 0. The van der Waals surface area contributed by atoms with Gasteiger partial charge in [-0.3, -0.25) is 4.79 Å². The molecular weight excluding hydrogens is 212 g/mol. The van der Waals surface area contributed by atoms with Crippen LogP contribution in [0.4, 0.5) is 0 Å². The van der Waals surface area contributed by atoms with E-state index in [1.165, 1.54) is 19.3 Å². The second-order valence-corrected chi connectivity index (χ2v) is 5.95. The zero-order valence-electron chi connectivity index (χ0n) is 10.3. The maximum absolute atomic E-state index is 12.5. The van der Waals surface area contributed by atoms with E-state index in [9.17, 15) is 10.1 Å². The number of hydrogen-bond acceptors (Lipinski definition) is 2. The maximum Gasteiger partial charge on any atom is 0.243 e. The van der Waals surface area contributed by atoms with Crippen molar-refractivity contribution >= 4 is 5.91 Å². The highest BCUT2D eigenvalue weighted by molar-refractivity contribution is 5.87. The van der Waals surface area contributed by atoms with Crippen molar-refractivity contribution in [1.29, 1.82) is 5.26 Å². The number of fused-ring (bicyclic) bond motifs is 1. The molecule has 3 heteroatoms. The van der Waals surface area contributed by atoms with Gasteiger partial charge in [-0.25, -0.2) is 0 Å². The molecule has 1 saturated heterocycles. The summed E-state index contributed by atoms with van der Waals surface area (Å²) in [5.74, 6) is 0.879. The molecule has 0 aromatic heterocycles. The lowest BCUT2D eigenvalue weighted by Crippen LogP contribution is -2.50. The van der Waals surface area contributed by atoms with Crippen molar-refractivity contribution < 1.29 is 4.79 Å². The average Bonchev–Trinajstić information content (AvgIpc) is 2.71. The van der Waals surface area contributed by atoms with Crippen LogP contribution in [0, 0.1) is 22.7 Å². The Hall–Kier alpha value is -1.04. The van der Waals surface area contributed by atoms with E-state index in [0.717, 1.165) is 44.6 Å². The van der Waals surface area contributed by atoms with Crippen molar-refractivity contribution in [3.63, 3.8) is 0 Å². The second kappa shape index (κ2) is 4.01. The summed E-state index contributed by atoms with van der Waals surface area (Å²) in [5.41, 5.74) is -0.633. The number of nitrogens with zero attached hydrogens (tertiary/aromatic N) is 2. The van der Waals surface area contributed by atoms with Crippen molar-refractivity contribution in [3.8, 4) is 6.07 Å². The van der Waals surface area contributed by atoms with Crippen LogP contribution in [0.3, 0.4) is 0 Å². The Balaban J connectivity index is 1.76. The Kier molecular flexibility index (Phi) is 2.61. The molecule has 3 fully saturated rings. The first-order valence-electron chi connectivity index (χ1n) is 6.99. The molecule has 3 nitrogen and oxygen atoms in total. The molecule has 0 aromatic carbocycles. The first kappa shape index (κ1) is 11.1. The highest BCUT2D eigenvalue weighted by atomic mass is 16.2. The third-order valence-corrected chi connectivity index (χ3v) is 5.10. The van der Waals surface area contributed by atoms with Gasteiger partial charge in [0, 0.05) is 12.6 Å². The summed E-state index contributed by atoms with van der Waals surface area (Å²) in [5, 5.41) is 9.27. The van der Waals surface area contributed by atoms with Crippen LogP contribution in [0.25, 0.3) is 0 Å². The molecule has 1 aliphatic heterocycles. The van der Waals surface area contributed by atoms with E-state index in [1.807, 2.05) is 0 Å². The van der Waals surface area contributed by atoms with Gasteiger partial charge in [0.05, 0.1) is 6.07 Å². The monoisotopic (exact) mass is 232 g/mol. The van der Waals surface area contributed by atoms with Gasteiger partial charge in [-0.05, 0) is 44.4 Å². The third kappa shape index (κ3) is 1.57. The maximum atomic E-state index is 12.5. The quantitative estimate of drug-likeness (QED) is 0.697. The van der Waals surface area contributed by atoms with Gasteiger partial charge in [-0.15, -0.1) is 0 Å². The van der Waals surface area contributed by atoms with E-state index in [1.54, 1.807) is 0 Å². The number of carbonyl (C=O) groups excluding carboxylic acids is 1. The summed E-state index contributed by atoms with van der Waals surface area (Å²) in [6.07, 6.45) is 8.81. The SMILES string of the molecule is N#CC1(C(=O)N2CCC3CCCCC32)CCC1. The predicted octanol–water partition coefficient (Wildman–Crippen LogP) is 2.47. The van der Waals surface area contributed by atoms with E-state index in [-0.39, 0.29) is 5.91 Å². The van der Waals surface area contributed by atoms with Gasteiger partial charge in [0.25, 0.3) is 0 Å². The molecule has 92 valence electrons. The molecule has 0 N–H and O–H groups in total. The number of likely N-dealkylation sites (tertiary alicyclic amines) is 1. The van der Waals surface area contributed by atoms with Crippen LogP contribution in [0.5, 0.6) is 0 Å². The minimum Gasteiger partial charge on any atom is -0.338 e. The molecule has 17 heavy (non-hydrogen) atoms. The lowest BCUT2D eigenvalue weighted by Gasteiger charge is -2.40. The van der Waals surface area contributed by atoms with Crippen LogP contribution in [0.15, 0.2) is 0 Å². The average molecular weight is 232 g/mol. The molecule has 1 amide bonds. The molecular formula is C14H20N2O. The summed E-state index contributed by atoms with van der Waals surface area (Å²) in [7, 11) is 0. The summed E-state index contributed by atoms with van der Waals surface area (Å²) in [6.45, 7) is 0.900. The van der Waals surface area contributed by atoms with Crippen LogP contribution in [-0.2, 0) is 4.79 Å². The Morgan fingerprint density at radius 2 is 1.94 bits per heavy atom. The summed E-state index contributed by atoms with van der Waals surface area (Å²) >= 11 is 0. The lowest BCUT2D eigenvalue weighted by atomic mass is 9.68. The number of carbonyl (C=O) groups is 1. The minimum atomic E-state index is -0.633. The Morgan fingerprint density at radius 3 is 2.59 bits per heavy atom. The number of rotatable bonds is 1. The standard InChI is InChI=1S/C14H20N2O/c15-10-14(7-3-8-14)13(17)16-9-6-11-4-1-2-5-12(11)16/h11-12H,1-9H2. The molecule has 3 aliphatic rings. The topological polar surface area (TPSA) is 44.1 Å². The van der Waals surface area contributed by atoms with Crippen LogP contribution < -0.4 is 0 Å². The number of amides is 1.